The summed E-state index contributed by atoms with van der Waals surface area (Å²) >= 11 is 1.61. The Morgan fingerprint density at radius 1 is 0.808 bits per heavy atom. The van der Waals surface area contributed by atoms with Crippen LogP contribution >= 0.6 is 11.8 Å². The molecule has 1 unspecified atom stereocenters. The lowest BCUT2D eigenvalue weighted by Gasteiger charge is -2.35. The monoisotopic (exact) mass is 733 g/mol. The first-order valence-electron chi connectivity index (χ1n) is 18.1. The number of rotatable bonds is 13. The van der Waals surface area contributed by atoms with Crippen LogP contribution in [0.5, 0.6) is 0 Å². The number of hydrogen-bond acceptors (Lipinski definition) is 8. The smallest absolute Gasteiger partial charge is 0.247 e. The molecule has 280 valence electrons. The molecular weight excluding hydrogens is 683 g/mol. The van der Waals surface area contributed by atoms with Gasteiger partial charge in [0.05, 0.1) is 11.4 Å². The van der Waals surface area contributed by atoms with Crippen LogP contribution in [-0.4, -0.2) is 89.2 Å². The number of nitrogens with one attached hydrogen (secondary N) is 6. The van der Waals surface area contributed by atoms with Gasteiger partial charge in [0.2, 0.25) is 35.9 Å². The van der Waals surface area contributed by atoms with Crippen molar-refractivity contribution in [3.63, 3.8) is 0 Å². The number of thioether (sulfide) groups is 1. The first-order valence-corrected chi connectivity index (χ1v) is 19.1. The molecule has 14 heteroatoms. The Bertz CT molecular complexity index is 1590. The number of fused-ring (bicyclic) bond motifs is 1. The van der Waals surface area contributed by atoms with Gasteiger partial charge in [0, 0.05) is 12.1 Å². The molecule has 0 bridgehead atoms. The molecule has 3 aliphatic rings. The third kappa shape index (κ3) is 9.13. The van der Waals surface area contributed by atoms with Gasteiger partial charge in [-0.15, -0.1) is 11.8 Å². The lowest BCUT2D eigenvalue weighted by Crippen LogP contribution is -2.58. The van der Waals surface area contributed by atoms with Crippen LogP contribution in [-0.2, 0) is 28.8 Å². The molecule has 2 aromatic rings. The summed E-state index contributed by atoms with van der Waals surface area (Å²) in [4.78, 5) is 81.1. The number of nitrogens with zero attached hydrogens (tertiary/aromatic N) is 1. The van der Waals surface area contributed by atoms with Crippen LogP contribution in [0.1, 0.15) is 82.5 Å². The van der Waals surface area contributed by atoms with E-state index in [1.807, 2.05) is 50.2 Å². The molecule has 0 radical (unpaired) electrons. The van der Waals surface area contributed by atoms with E-state index in [-0.39, 0.29) is 41.1 Å². The van der Waals surface area contributed by atoms with E-state index < -0.39 is 41.5 Å². The third-order valence-corrected chi connectivity index (χ3v) is 11.7. The largest absolute Gasteiger partial charge is 0.351 e. The van der Waals surface area contributed by atoms with Crippen molar-refractivity contribution in [1.29, 1.82) is 0 Å². The maximum absolute atomic E-state index is 14.3. The van der Waals surface area contributed by atoms with Crippen molar-refractivity contribution in [2.24, 2.45) is 5.41 Å². The summed E-state index contributed by atoms with van der Waals surface area (Å²) < 4.78 is 0. The molecule has 0 spiro atoms. The number of carbonyl (C=O) groups excluding carboxylic acids is 6. The molecule has 1 saturated carbocycles. The SMILES string of the molecule is CN[C@@H](C)C(=O)N[C@H]1CCSC2CC(C)(C)[C@@H](C(=O)N[C@@H](C(=O)NC3CCC(NC(=O)[C@@H](NC=O)c4ccccc4)CC3)c3ccccc3)N2C1=O. The van der Waals surface area contributed by atoms with Crippen molar-refractivity contribution >= 4 is 47.7 Å². The fraction of sp³-hybridized carbons (Fsp3) is 0.526. The van der Waals surface area contributed by atoms with Gasteiger partial charge in [0.15, 0.2) is 0 Å². The predicted molar refractivity (Wildman–Crippen MR) is 198 cm³/mol. The molecule has 2 aliphatic heterocycles. The van der Waals surface area contributed by atoms with E-state index in [4.69, 9.17) is 0 Å². The Hall–Kier alpha value is -4.43. The maximum Gasteiger partial charge on any atom is 0.247 e. The number of amides is 6. The zero-order chi connectivity index (χ0) is 37.4. The van der Waals surface area contributed by atoms with Crippen LogP contribution in [0.4, 0.5) is 0 Å². The minimum atomic E-state index is -1.01. The van der Waals surface area contributed by atoms with Gasteiger partial charge in [-0.05, 0) is 74.8 Å². The van der Waals surface area contributed by atoms with Gasteiger partial charge in [-0.1, -0.05) is 74.5 Å². The van der Waals surface area contributed by atoms with Crippen molar-refractivity contribution < 1.29 is 28.8 Å². The second-order valence-electron chi connectivity index (χ2n) is 14.6. The molecule has 6 atom stereocenters. The van der Waals surface area contributed by atoms with E-state index >= 15 is 0 Å². The van der Waals surface area contributed by atoms with Crippen molar-refractivity contribution in [2.75, 3.05) is 12.8 Å². The maximum atomic E-state index is 14.3. The first kappa shape index (κ1) is 38.8. The third-order valence-electron chi connectivity index (χ3n) is 10.4. The van der Waals surface area contributed by atoms with Crippen LogP contribution in [0.25, 0.3) is 0 Å². The second-order valence-corrected chi connectivity index (χ2v) is 15.9. The highest BCUT2D eigenvalue weighted by Crippen LogP contribution is 2.46. The van der Waals surface area contributed by atoms with Gasteiger partial charge >= 0.3 is 0 Å². The molecule has 6 N–H and O–H groups in total. The molecule has 5 rings (SSSR count). The van der Waals surface area contributed by atoms with Gasteiger partial charge in [0.1, 0.15) is 24.2 Å². The standard InChI is InChI=1S/C38H51N7O6S/c1-23(39-4)33(47)43-28-19-20-52-29-21-38(2,3)32(45(29)37(28)51)36(50)44-31(25-13-9-6-10-14-25)35(49)42-27-17-15-26(16-18-27)41-34(48)30(40-22-46)24-11-7-5-8-12-24/h5-14,22-23,26-32,39H,15-21H2,1-4H3,(H,40,46)(H,41,48)(H,42,49)(H,43,47)(H,44,50)/t23-,26?,27?,28-,29?,30-,31+,32+/m0/s1. The number of hydrogen-bond donors (Lipinski definition) is 6. The molecular formula is C38H51N7O6S. The van der Waals surface area contributed by atoms with E-state index in [2.05, 4.69) is 31.9 Å². The quantitative estimate of drug-likeness (QED) is 0.170. The Labute approximate surface area is 309 Å². The predicted octanol–water partition coefficient (Wildman–Crippen LogP) is 2.06. The van der Waals surface area contributed by atoms with E-state index in [9.17, 15) is 28.8 Å². The topological polar surface area (TPSA) is 178 Å². The van der Waals surface area contributed by atoms with E-state index in [0.29, 0.717) is 61.8 Å². The number of benzene rings is 2. The fourth-order valence-electron chi connectivity index (χ4n) is 7.43. The van der Waals surface area contributed by atoms with Crippen molar-refractivity contribution in [3.8, 4) is 0 Å². The number of carbonyl (C=O) groups is 6. The molecule has 0 aromatic heterocycles. The van der Waals surface area contributed by atoms with Crippen LogP contribution in [0.15, 0.2) is 60.7 Å². The molecule has 2 saturated heterocycles. The summed E-state index contributed by atoms with van der Waals surface area (Å²) in [6.07, 6.45) is 4.04. The Balaban J connectivity index is 1.25. The molecule has 2 aromatic carbocycles. The zero-order valence-corrected chi connectivity index (χ0v) is 31.0. The molecule has 1 aliphatic carbocycles. The first-order chi connectivity index (χ1) is 24.9. The van der Waals surface area contributed by atoms with Gasteiger partial charge in [-0.2, -0.15) is 0 Å². The second kappa shape index (κ2) is 17.4. The number of likely N-dealkylation sites (N-methyl/N-ethyl adjacent to an activating group) is 1. The highest BCUT2D eigenvalue weighted by atomic mass is 32.2. The van der Waals surface area contributed by atoms with Crippen LogP contribution in [0.2, 0.25) is 0 Å². The normalized spacial score (nSPS) is 25.7. The fourth-order valence-corrected chi connectivity index (χ4v) is 9.01. The van der Waals surface area contributed by atoms with Gasteiger partial charge in [0.25, 0.3) is 0 Å². The summed E-state index contributed by atoms with van der Waals surface area (Å²) in [6.45, 7) is 5.64. The summed E-state index contributed by atoms with van der Waals surface area (Å²) in [5, 5.41) is 17.3. The minimum Gasteiger partial charge on any atom is -0.351 e. The summed E-state index contributed by atoms with van der Waals surface area (Å²) in [6, 6.07) is 13.8. The van der Waals surface area contributed by atoms with Crippen molar-refractivity contribution in [2.45, 2.75) is 107 Å². The molecule has 2 heterocycles. The van der Waals surface area contributed by atoms with E-state index in [1.165, 1.54) is 0 Å². The van der Waals surface area contributed by atoms with Crippen molar-refractivity contribution in [3.05, 3.63) is 71.8 Å². The Kier molecular flexibility index (Phi) is 13.0. The summed E-state index contributed by atoms with van der Waals surface area (Å²) in [7, 11) is 1.68. The highest BCUT2D eigenvalue weighted by molar-refractivity contribution is 7.99. The average Bonchev–Trinajstić information content (AvgIpc) is 3.34. The van der Waals surface area contributed by atoms with Crippen LogP contribution in [0.3, 0.4) is 0 Å². The van der Waals surface area contributed by atoms with Crippen LogP contribution in [0, 0.1) is 5.41 Å². The Morgan fingerprint density at radius 2 is 1.35 bits per heavy atom. The molecule has 13 nitrogen and oxygen atoms in total. The van der Waals surface area contributed by atoms with E-state index in [0.717, 1.165) is 0 Å². The molecule has 52 heavy (non-hydrogen) atoms. The van der Waals surface area contributed by atoms with Gasteiger partial charge in [-0.25, -0.2) is 0 Å². The average molecular weight is 734 g/mol. The summed E-state index contributed by atoms with van der Waals surface area (Å²) in [5.41, 5.74) is 0.699. The highest BCUT2D eigenvalue weighted by Gasteiger charge is 2.55. The lowest BCUT2D eigenvalue weighted by atomic mass is 9.83. The lowest BCUT2D eigenvalue weighted by molar-refractivity contribution is -0.144. The van der Waals surface area contributed by atoms with E-state index in [1.54, 1.807) is 54.9 Å². The molecule has 6 amide bonds. The van der Waals surface area contributed by atoms with Crippen molar-refractivity contribution in [1.82, 2.24) is 36.8 Å². The van der Waals surface area contributed by atoms with Crippen LogP contribution < -0.4 is 31.9 Å². The zero-order valence-electron chi connectivity index (χ0n) is 30.2. The summed E-state index contributed by atoms with van der Waals surface area (Å²) in [5.74, 6) is -1.00. The minimum absolute atomic E-state index is 0.124. The van der Waals surface area contributed by atoms with Gasteiger partial charge < -0.3 is 36.8 Å². The molecule has 3 fully saturated rings. The Morgan fingerprint density at radius 3 is 1.88 bits per heavy atom. The van der Waals surface area contributed by atoms with Gasteiger partial charge in [-0.3, -0.25) is 28.8 Å².